The van der Waals surface area contributed by atoms with Crippen LogP contribution in [0.2, 0.25) is 10.0 Å². The molecule has 0 saturated heterocycles. The van der Waals surface area contributed by atoms with Crippen LogP contribution in [0, 0.1) is 6.92 Å². The van der Waals surface area contributed by atoms with Crippen LogP contribution >= 0.6 is 34.5 Å². The molecule has 0 aliphatic rings. The van der Waals surface area contributed by atoms with Gasteiger partial charge in [-0.2, -0.15) is 0 Å². The molecule has 4 aromatic rings. The molecule has 0 bridgehead atoms. The van der Waals surface area contributed by atoms with Crippen molar-refractivity contribution in [3.05, 3.63) is 87.2 Å². The van der Waals surface area contributed by atoms with Crippen LogP contribution in [0.25, 0.3) is 10.1 Å². The lowest BCUT2D eigenvalue weighted by Crippen LogP contribution is -2.30. The zero-order chi connectivity index (χ0) is 23.8. The Morgan fingerprint density at radius 3 is 2.39 bits per heavy atom. The molecule has 0 aliphatic carbocycles. The predicted octanol–water partition coefficient (Wildman–Crippen LogP) is 6.98. The van der Waals surface area contributed by atoms with Crippen molar-refractivity contribution in [2.75, 3.05) is 16.2 Å². The molecule has 0 atom stereocenters. The summed E-state index contributed by atoms with van der Waals surface area (Å²) < 4.78 is 28.7. The smallest absolute Gasteiger partial charge is 0.265 e. The number of benzene rings is 3. The van der Waals surface area contributed by atoms with E-state index in [-0.39, 0.29) is 17.3 Å². The van der Waals surface area contributed by atoms with Gasteiger partial charge in [0.25, 0.3) is 15.9 Å². The number of nitrogens with one attached hydrogen (secondary N) is 1. The van der Waals surface area contributed by atoms with Gasteiger partial charge in [-0.05, 0) is 73.8 Å². The minimum absolute atomic E-state index is 0.236. The van der Waals surface area contributed by atoms with Crippen molar-refractivity contribution in [1.82, 2.24) is 0 Å². The van der Waals surface area contributed by atoms with Gasteiger partial charge in [-0.25, -0.2) is 8.42 Å². The first-order valence-electron chi connectivity index (χ1n) is 10.1. The van der Waals surface area contributed by atoms with Crippen molar-refractivity contribution >= 4 is 71.9 Å². The third-order valence-electron chi connectivity index (χ3n) is 5.09. The Hall–Kier alpha value is -2.58. The Bertz CT molecular complexity index is 1450. The summed E-state index contributed by atoms with van der Waals surface area (Å²) >= 11 is 13.4. The lowest BCUT2D eigenvalue weighted by atomic mass is 10.2. The number of nitrogens with zero attached hydrogens (tertiary/aromatic N) is 1. The maximum atomic E-state index is 13.2. The predicted molar refractivity (Wildman–Crippen MR) is 138 cm³/mol. The van der Waals surface area contributed by atoms with Gasteiger partial charge in [-0.3, -0.25) is 9.10 Å². The molecule has 9 heteroatoms. The van der Waals surface area contributed by atoms with Crippen molar-refractivity contribution in [2.45, 2.75) is 18.7 Å². The summed E-state index contributed by atoms with van der Waals surface area (Å²) in [4.78, 5) is 13.5. The second kappa shape index (κ2) is 9.35. The molecule has 0 radical (unpaired) electrons. The monoisotopic (exact) mass is 518 g/mol. The minimum Gasteiger partial charge on any atom is -0.320 e. The van der Waals surface area contributed by atoms with E-state index < -0.39 is 10.0 Å². The van der Waals surface area contributed by atoms with E-state index in [1.165, 1.54) is 15.6 Å². The van der Waals surface area contributed by atoms with Gasteiger partial charge in [0.05, 0.1) is 26.2 Å². The highest BCUT2D eigenvalue weighted by molar-refractivity contribution is 7.92. The summed E-state index contributed by atoms with van der Waals surface area (Å²) in [5.74, 6) is -0.304. The first-order chi connectivity index (χ1) is 15.7. The van der Waals surface area contributed by atoms with E-state index in [1.807, 2.05) is 13.0 Å². The number of aryl methyl sites for hydroxylation is 1. The zero-order valence-electron chi connectivity index (χ0n) is 17.8. The summed E-state index contributed by atoms with van der Waals surface area (Å²) in [5.41, 5.74) is 1.99. The van der Waals surface area contributed by atoms with E-state index >= 15 is 0 Å². The molecule has 3 aromatic carbocycles. The number of hydrogen-bond acceptors (Lipinski definition) is 4. The molecular weight excluding hydrogens is 499 g/mol. The fourth-order valence-electron chi connectivity index (χ4n) is 3.40. The third kappa shape index (κ3) is 4.87. The third-order valence-corrected chi connectivity index (χ3v) is 8.67. The molecule has 1 aromatic heterocycles. The molecule has 5 nitrogen and oxygen atoms in total. The molecule has 170 valence electrons. The van der Waals surface area contributed by atoms with E-state index in [0.29, 0.717) is 26.3 Å². The van der Waals surface area contributed by atoms with Gasteiger partial charge in [0.15, 0.2) is 0 Å². The molecule has 4 rings (SSSR count). The summed E-state index contributed by atoms with van der Waals surface area (Å²) in [6.07, 6.45) is 0. The van der Waals surface area contributed by atoms with Gasteiger partial charge in [-0.1, -0.05) is 40.9 Å². The van der Waals surface area contributed by atoms with Crippen LogP contribution in [-0.4, -0.2) is 20.9 Å². The van der Waals surface area contributed by atoms with Gasteiger partial charge in [0, 0.05) is 16.3 Å². The summed E-state index contributed by atoms with van der Waals surface area (Å²) in [6, 6.07) is 18.7. The number of halogens is 2. The first-order valence-corrected chi connectivity index (χ1v) is 13.1. The Kier molecular flexibility index (Phi) is 6.68. The van der Waals surface area contributed by atoms with Gasteiger partial charge in [0.2, 0.25) is 0 Å². The van der Waals surface area contributed by atoms with Crippen molar-refractivity contribution in [1.29, 1.82) is 0 Å². The number of carbonyl (C=O) groups excluding carboxylic acids is 1. The minimum atomic E-state index is -3.72. The Balaban J connectivity index is 1.64. The highest BCUT2D eigenvalue weighted by Crippen LogP contribution is 2.33. The number of fused-ring (bicyclic) bond motifs is 1. The normalized spacial score (nSPS) is 11.5. The SMILES string of the molecule is CCN(c1ccc2sc(C(=O)Nc3ccc(Cl)cc3Cl)cc2c1)S(=O)(=O)c1ccc(C)cc1. The van der Waals surface area contributed by atoms with Crippen LogP contribution < -0.4 is 9.62 Å². The number of rotatable bonds is 6. The maximum absolute atomic E-state index is 13.2. The molecule has 1 heterocycles. The molecule has 33 heavy (non-hydrogen) atoms. The molecule has 0 unspecified atom stereocenters. The van der Waals surface area contributed by atoms with E-state index in [9.17, 15) is 13.2 Å². The number of anilines is 2. The summed E-state index contributed by atoms with van der Waals surface area (Å²) in [7, 11) is -3.72. The quantitative estimate of drug-likeness (QED) is 0.299. The Labute approximate surface area is 206 Å². The van der Waals surface area contributed by atoms with Crippen molar-refractivity contribution in [3.63, 3.8) is 0 Å². The lowest BCUT2D eigenvalue weighted by Gasteiger charge is -2.23. The Morgan fingerprint density at radius 2 is 1.73 bits per heavy atom. The number of thiophene rings is 1. The second-order valence-corrected chi connectivity index (χ2v) is 11.2. The standard InChI is InChI=1S/C24H20Cl2N2O3S2/c1-3-28(33(30,31)19-8-4-15(2)5-9-19)18-7-11-22-16(12-18)13-23(32-22)24(29)27-21-10-6-17(25)14-20(21)26/h4-14H,3H2,1-2H3,(H,27,29). The molecule has 1 N–H and O–H groups in total. The summed E-state index contributed by atoms with van der Waals surface area (Å²) in [6.45, 7) is 3.97. The van der Waals surface area contributed by atoms with Gasteiger partial charge in [0.1, 0.15) is 0 Å². The molecule has 0 saturated carbocycles. The van der Waals surface area contributed by atoms with Crippen molar-refractivity contribution in [3.8, 4) is 0 Å². The van der Waals surface area contributed by atoms with E-state index in [4.69, 9.17) is 23.2 Å². The maximum Gasteiger partial charge on any atom is 0.265 e. The Morgan fingerprint density at radius 1 is 1.00 bits per heavy atom. The number of amides is 1. The van der Waals surface area contributed by atoms with Crippen LogP contribution in [0.3, 0.4) is 0 Å². The molecule has 0 fully saturated rings. The molecule has 0 spiro atoms. The second-order valence-electron chi connectivity index (χ2n) is 7.39. The van der Waals surface area contributed by atoms with Crippen LogP contribution in [0.1, 0.15) is 22.2 Å². The fourth-order valence-corrected chi connectivity index (χ4v) is 6.26. The average Bonchev–Trinajstić information content (AvgIpc) is 3.20. The molecule has 1 amide bonds. The van der Waals surface area contributed by atoms with Crippen molar-refractivity contribution < 1.29 is 13.2 Å². The van der Waals surface area contributed by atoms with Crippen molar-refractivity contribution in [2.24, 2.45) is 0 Å². The lowest BCUT2D eigenvalue weighted by molar-refractivity contribution is 0.103. The van der Waals surface area contributed by atoms with E-state index in [0.717, 1.165) is 15.6 Å². The largest absolute Gasteiger partial charge is 0.320 e. The van der Waals surface area contributed by atoms with Crippen LogP contribution in [0.5, 0.6) is 0 Å². The van der Waals surface area contributed by atoms with Gasteiger partial charge < -0.3 is 5.32 Å². The number of carbonyl (C=O) groups is 1. The average molecular weight is 519 g/mol. The highest BCUT2D eigenvalue weighted by atomic mass is 35.5. The van der Waals surface area contributed by atoms with Crippen LogP contribution in [-0.2, 0) is 10.0 Å². The van der Waals surface area contributed by atoms with Gasteiger partial charge >= 0.3 is 0 Å². The topological polar surface area (TPSA) is 66.5 Å². The number of hydrogen-bond donors (Lipinski definition) is 1. The zero-order valence-corrected chi connectivity index (χ0v) is 20.9. The first kappa shape index (κ1) is 23.6. The molecular formula is C24H20Cl2N2O3S2. The number of sulfonamides is 1. The van der Waals surface area contributed by atoms with Gasteiger partial charge in [-0.15, -0.1) is 11.3 Å². The summed E-state index contributed by atoms with van der Waals surface area (Å²) in [5, 5.41) is 4.39. The highest BCUT2D eigenvalue weighted by Gasteiger charge is 2.24. The molecule has 0 aliphatic heterocycles. The van der Waals surface area contributed by atoms with Crippen LogP contribution in [0.15, 0.2) is 71.6 Å². The van der Waals surface area contributed by atoms with E-state index in [2.05, 4.69) is 5.32 Å². The van der Waals surface area contributed by atoms with E-state index in [1.54, 1.807) is 67.6 Å². The fraction of sp³-hybridized carbons (Fsp3) is 0.125. The van der Waals surface area contributed by atoms with Crippen LogP contribution in [0.4, 0.5) is 11.4 Å².